The number of nitrogens with two attached hydrogens (primary N) is 2. The van der Waals surface area contributed by atoms with Crippen molar-refractivity contribution >= 4 is 17.6 Å². The summed E-state index contributed by atoms with van der Waals surface area (Å²) in [5.74, 6) is -0.591. The van der Waals surface area contributed by atoms with Crippen molar-refractivity contribution in [2.75, 3.05) is 0 Å². The Morgan fingerprint density at radius 3 is 2.14 bits per heavy atom. The topological polar surface area (TPSA) is 78.3 Å². The van der Waals surface area contributed by atoms with E-state index in [1.165, 1.54) is 12.2 Å². The third kappa shape index (κ3) is 6.37. The molecule has 0 amide bonds. The van der Waals surface area contributed by atoms with Crippen molar-refractivity contribution in [3.8, 4) is 0 Å². The van der Waals surface area contributed by atoms with Gasteiger partial charge in [0.25, 0.3) is 0 Å². The molecule has 0 heterocycles. The summed E-state index contributed by atoms with van der Waals surface area (Å²) < 4.78 is 4.99. The third-order valence-electron chi connectivity index (χ3n) is 1.06. The highest BCUT2D eigenvalue weighted by Gasteiger charge is 2.17. The van der Waals surface area contributed by atoms with E-state index < -0.39 is 11.6 Å². The van der Waals surface area contributed by atoms with Crippen LogP contribution in [0.15, 0.2) is 23.0 Å². The molecule has 0 atom stereocenters. The Bertz CT molecular complexity index is 273. The van der Waals surface area contributed by atoms with Gasteiger partial charge >= 0.3 is 5.97 Å². The van der Waals surface area contributed by atoms with Crippen LogP contribution in [0.2, 0.25) is 0 Å². The Labute approximate surface area is 88.5 Å². The van der Waals surface area contributed by atoms with Crippen LogP contribution in [0.25, 0.3) is 0 Å². The SMILES string of the molecule is CC(C)(C)OC(=O)/C(N)=C/C=C(\N)Cl. The number of esters is 1. The highest BCUT2D eigenvalue weighted by molar-refractivity contribution is 6.29. The molecule has 0 saturated heterocycles. The van der Waals surface area contributed by atoms with Gasteiger partial charge in [-0.05, 0) is 32.9 Å². The van der Waals surface area contributed by atoms with Crippen LogP contribution in [0, 0.1) is 0 Å². The second-order valence-corrected chi connectivity index (χ2v) is 4.11. The average Bonchev–Trinajstić information content (AvgIpc) is 1.96. The maximum Gasteiger partial charge on any atom is 0.354 e. The summed E-state index contributed by atoms with van der Waals surface area (Å²) in [7, 11) is 0. The van der Waals surface area contributed by atoms with Crippen LogP contribution in [0.1, 0.15) is 20.8 Å². The fourth-order valence-corrected chi connectivity index (χ4v) is 0.637. The average molecular weight is 219 g/mol. The first kappa shape index (κ1) is 12.8. The van der Waals surface area contributed by atoms with Crippen molar-refractivity contribution < 1.29 is 9.53 Å². The lowest BCUT2D eigenvalue weighted by Gasteiger charge is -2.19. The molecule has 5 heteroatoms. The summed E-state index contributed by atoms with van der Waals surface area (Å²) in [5, 5.41) is 0.0523. The number of halogens is 1. The van der Waals surface area contributed by atoms with Gasteiger partial charge in [0.1, 0.15) is 11.3 Å². The van der Waals surface area contributed by atoms with Crippen LogP contribution in [-0.2, 0) is 9.53 Å². The molecule has 4 N–H and O–H groups in total. The van der Waals surface area contributed by atoms with Crippen LogP contribution in [-0.4, -0.2) is 11.6 Å². The lowest BCUT2D eigenvalue weighted by molar-refractivity contribution is -0.149. The first-order chi connectivity index (χ1) is 6.22. The monoisotopic (exact) mass is 218 g/mol. The molecule has 0 spiro atoms. The third-order valence-corrected chi connectivity index (χ3v) is 1.18. The Balaban J connectivity index is 4.41. The number of ether oxygens (including phenoxy) is 1. The van der Waals surface area contributed by atoms with Crippen LogP contribution >= 0.6 is 11.6 Å². The number of rotatable bonds is 2. The normalized spacial score (nSPS) is 14.0. The minimum Gasteiger partial charge on any atom is -0.455 e. The molecule has 0 aromatic carbocycles. The van der Waals surface area contributed by atoms with Gasteiger partial charge in [-0.25, -0.2) is 4.79 Å². The zero-order valence-corrected chi connectivity index (χ0v) is 9.26. The molecule has 0 aromatic heterocycles. The number of hydrogen-bond donors (Lipinski definition) is 2. The molecule has 0 radical (unpaired) electrons. The van der Waals surface area contributed by atoms with Crippen molar-refractivity contribution in [2.24, 2.45) is 11.5 Å². The van der Waals surface area contributed by atoms with E-state index in [0.717, 1.165) is 0 Å². The fraction of sp³-hybridized carbons (Fsp3) is 0.444. The molecule has 80 valence electrons. The van der Waals surface area contributed by atoms with Gasteiger partial charge < -0.3 is 16.2 Å². The predicted octanol–water partition coefficient (Wildman–Crippen LogP) is 1.21. The smallest absolute Gasteiger partial charge is 0.354 e. The largest absolute Gasteiger partial charge is 0.455 e. The van der Waals surface area contributed by atoms with Crippen LogP contribution in [0.4, 0.5) is 0 Å². The van der Waals surface area contributed by atoms with Crippen LogP contribution < -0.4 is 11.5 Å². The van der Waals surface area contributed by atoms with Gasteiger partial charge in [0.15, 0.2) is 0 Å². The summed E-state index contributed by atoms with van der Waals surface area (Å²) >= 11 is 5.35. The molecule has 0 rings (SSSR count). The second-order valence-electron chi connectivity index (χ2n) is 3.68. The second kappa shape index (κ2) is 4.91. The molecule has 0 fully saturated rings. The van der Waals surface area contributed by atoms with Crippen LogP contribution in [0.3, 0.4) is 0 Å². The first-order valence-electron chi connectivity index (χ1n) is 4.04. The fourth-order valence-electron chi connectivity index (χ4n) is 0.574. The Kier molecular flexibility index (Phi) is 4.50. The maximum atomic E-state index is 11.2. The highest BCUT2D eigenvalue weighted by atomic mass is 35.5. The molecule has 0 unspecified atom stereocenters. The summed E-state index contributed by atoms with van der Waals surface area (Å²) in [6, 6.07) is 0. The maximum absolute atomic E-state index is 11.2. The van der Waals surface area contributed by atoms with Gasteiger partial charge in [-0.3, -0.25) is 0 Å². The molecule has 0 aromatic rings. The summed E-state index contributed by atoms with van der Waals surface area (Å²) in [6.07, 6.45) is 2.62. The number of hydrogen-bond acceptors (Lipinski definition) is 4. The zero-order valence-electron chi connectivity index (χ0n) is 8.50. The van der Waals surface area contributed by atoms with Gasteiger partial charge in [0, 0.05) is 0 Å². The summed E-state index contributed by atoms with van der Waals surface area (Å²) in [5.41, 5.74) is 9.94. The summed E-state index contributed by atoms with van der Waals surface area (Å²) in [4.78, 5) is 11.2. The van der Waals surface area contributed by atoms with E-state index in [0.29, 0.717) is 0 Å². The molecular weight excluding hydrogens is 204 g/mol. The zero-order chi connectivity index (χ0) is 11.4. The van der Waals surface area contributed by atoms with Gasteiger partial charge in [0.2, 0.25) is 0 Å². The Morgan fingerprint density at radius 2 is 1.79 bits per heavy atom. The van der Waals surface area contributed by atoms with E-state index in [-0.39, 0.29) is 10.9 Å². The van der Waals surface area contributed by atoms with Crippen molar-refractivity contribution in [3.05, 3.63) is 23.0 Å². The predicted molar refractivity (Wildman–Crippen MR) is 56.2 cm³/mol. The van der Waals surface area contributed by atoms with E-state index in [9.17, 15) is 4.79 Å². The lowest BCUT2D eigenvalue weighted by Crippen LogP contribution is -2.27. The molecular formula is C9H15ClN2O2. The van der Waals surface area contributed by atoms with E-state index in [1.807, 2.05) is 0 Å². The van der Waals surface area contributed by atoms with Crippen molar-refractivity contribution in [3.63, 3.8) is 0 Å². The standard InChI is InChI=1S/C9H15ClN2O2/c1-9(2,3)14-8(13)6(11)4-5-7(10)12/h4-5H,11-12H2,1-3H3/b6-4-,7-5-. The van der Waals surface area contributed by atoms with Crippen LogP contribution in [0.5, 0.6) is 0 Å². The van der Waals surface area contributed by atoms with Gasteiger partial charge in [-0.15, -0.1) is 0 Å². The minimum absolute atomic E-state index is 0.0384. The Hall–Kier alpha value is -1.16. The molecule has 0 aliphatic carbocycles. The molecule has 0 saturated carbocycles. The lowest BCUT2D eigenvalue weighted by atomic mass is 10.2. The molecule has 0 aliphatic rings. The molecule has 0 bridgehead atoms. The number of allylic oxidation sites excluding steroid dienone is 2. The molecule has 4 nitrogen and oxygen atoms in total. The van der Waals surface area contributed by atoms with Crippen molar-refractivity contribution in [2.45, 2.75) is 26.4 Å². The first-order valence-corrected chi connectivity index (χ1v) is 4.42. The van der Waals surface area contributed by atoms with Crippen molar-refractivity contribution in [1.29, 1.82) is 0 Å². The number of carbonyl (C=O) groups excluding carboxylic acids is 1. The van der Waals surface area contributed by atoms with Gasteiger partial charge in [0.05, 0.1) is 5.16 Å². The number of carbonyl (C=O) groups is 1. The summed E-state index contributed by atoms with van der Waals surface area (Å²) in [6.45, 7) is 5.26. The molecule has 14 heavy (non-hydrogen) atoms. The van der Waals surface area contributed by atoms with Gasteiger partial charge in [-0.2, -0.15) is 0 Å². The van der Waals surface area contributed by atoms with E-state index in [4.69, 9.17) is 27.8 Å². The van der Waals surface area contributed by atoms with E-state index >= 15 is 0 Å². The van der Waals surface area contributed by atoms with E-state index in [2.05, 4.69) is 0 Å². The minimum atomic E-state index is -0.591. The Morgan fingerprint density at radius 1 is 1.29 bits per heavy atom. The van der Waals surface area contributed by atoms with Gasteiger partial charge in [-0.1, -0.05) is 11.6 Å². The quantitative estimate of drug-likeness (QED) is 0.316. The molecule has 0 aliphatic heterocycles. The van der Waals surface area contributed by atoms with Crippen molar-refractivity contribution in [1.82, 2.24) is 0 Å². The van der Waals surface area contributed by atoms with E-state index in [1.54, 1.807) is 20.8 Å². The highest BCUT2D eigenvalue weighted by Crippen LogP contribution is 2.08.